The van der Waals surface area contributed by atoms with Gasteiger partial charge in [0.25, 0.3) is 5.91 Å². The third kappa shape index (κ3) is 5.89. The van der Waals surface area contributed by atoms with Gasteiger partial charge in [-0.2, -0.15) is 13.2 Å². The van der Waals surface area contributed by atoms with Crippen LogP contribution in [0.25, 0.3) is 0 Å². The zero-order valence-corrected chi connectivity index (χ0v) is 19.0. The molecule has 1 amide bonds. The number of benzene rings is 1. The molecule has 2 aromatic heterocycles. The van der Waals surface area contributed by atoms with Crippen molar-refractivity contribution in [2.75, 3.05) is 16.8 Å². The lowest BCUT2D eigenvalue weighted by atomic mass is 10.2. The lowest BCUT2D eigenvalue weighted by Gasteiger charge is -2.21. The number of amides is 1. The minimum Gasteiger partial charge on any atom is -0.349 e. The maximum Gasteiger partial charge on any atom is 0.416 e. The third-order valence-electron chi connectivity index (χ3n) is 5.13. The predicted molar refractivity (Wildman–Crippen MR) is 125 cm³/mol. The molecule has 3 rings (SSSR count). The van der Waals surface area contributed by atoms with E-state index in [1.165, 1.54) is 24.5 Å². The van der Waals surface area contributed by atoms with Crippen molar-refractivity contribution in [3.8, 4) is 0 Å². The van der Waals surface area contributed by atoms with Gasteiger partial charge in [0.15, 0.2) is 0 Å². The lowest BCUT2D eigenvalue weighted by molar-refractivity contribution is -0.137. The zero-order chi connectivity index (χ0) is 24.9. The van der Waals surface area contributed by atoms with Crippen LogP contribution in [0.2, 0.25) is 0 Å². The summed E-state index contributed by atoms with van der Waals surface area (Å²) < 4.78 is 38.1. The lowest BCUT2D eigenvalue weighted by Crippen LogP contribution is -2.28. The van der Waals surface area contributed by atoms with Crippen LogP contribution in [0, 0.1) is 6.92 Å². The number of alkyl halides is 3. The smallest absolute Gasteiger partial charge is 0.349 e. The minimum atomic E-state index is -4.39. The van der Waals surface area contributed by atoms with Gasteiger partial charge >= 0.3 is 6.18 Å². The van der Waals surface area contributed by atoms with Crippen molar-refractivity contribution in [3.05, 3.63) is 84.2 Å². The molecule has 0 aliphatic rings. The molecule has 1 atom stereocenters. The van der Waals surface area contributed by atoms with Crippen LogP contribution in [0.5, 0.6) is 0 Å². The van der Waals surface area contributed by atoms with Crippen LogP contribution in [0.3, 0.4) is 0 Å². The molecule has 34 heavy (non-hydrogen) atoms. The van der Waals surface area contributed by atoms with E-state index in [9.17, 15) is 18.0 Å². The third-order valence-corrected chi connectivity index (χ3v) is 5.13. The first-order valence-corrected chi connectivity index (χ1v) is 10.5. The molecule has 0 saturated heterocycles. The second-order valence-electron chi connectivity index (χ2n) is 7.55. The highest BCUT2D eigenvalue weighted by molar-refractivity contribution is 5.93. The number of nitrogens with one attached hydrogen (secondary N) is 2. The van der Waals surface area contributed by atoms with Crippen molar-refractivity contribution >= 4 is 23.1 Å². The maximum atomic E-state index is 12.7. The highest BCUT2D eigenvalue weighted by Gasteiger charge is 2.29. The number of rotatable bonds is 8. The summed E-state index contributed by atoms with van der Waals surface area (Å²) in [5, 5.41) is 5.75. The Morgan fingerprint density at radius 3 is 2.41 bits per heavy atom. The fraction of sp³-hybridized carbons (Fsp3) is 0.250. The van der Waals surface area contributed by atoms with Crippen LogP contribution in [0.4, 0.5) is 30.4 Å². The number of hydrogen-bond donors (Lipinski definition) is 2. The van der Waals surface area contributed by atoms with Crippen LogP contribution in [-0.4, -0.2) is 27.4 Å². The van der Waals surface area contributed by atoms with Gasteiger partial charge in [-0.3, -0.25) is 14.8 Å². The Morgan fingerprint density at radius 1 is 1.15 bits per heavy atom. The molecule has 0 spiro atoms. The number of nitrogens with zero attached hydrogens (tertiary/aromatic N) is 4. The van der Waals surface area contributed by atoms with E-state index in [0.717, 1.165) is 23.4 Å². The molecule has 7 nitrogen and oxygen atoms in total. The summed E-state index contributed by atoms with van der Waals surface area (Å²) >= 11 is 0. The van der Waals surface area contributed by atoms with Crippen LogP contribution < -0.4 is 15.5 Å². The topological polar surface area (TPSA) is 83.0 Å². The fourth-order valence-electron chi connectivity index (χ4n) is 3.21. The number of pyridine rings is 1. The van der Waals surface area contributed by atoms with Crippen LogP contribution in [0.15, 0.2) is 61.7 Å². The van der Waals surface area contributed by atoms with E-state index in [0.29, 0.717) is 23.7 Å². The summed E-state index contributed by atoms with van der Waals surface area (Å²) in [6.45, 7) is 10.2. The molecule has 0 unspecified atom stereocenters. The van der Waals surface area contributed by atoms with Crippen molar-refractivity contribution in [1.29, 1.82) is 0 Å². The van der Waals surface area contributed by atoms with Gasteiger partial charge in [0.2, 0.25) is 0 Å². The highest BCUT2D eigenvalue weighted by Crippen LogP contribution is 2.30. The zero-order valence-electron chi connectivity index (χ0n) is 19.0. The summed E-state index contributed by atoms with van der Waals surface area (Å²) in [7, 11) is 0. The molecule has 0 saturated carbocycles. The van der Waals surface area contributed by atoms with Crippen molar-refractivity contribution in [1.82, 2.24) is 20.3 Å². The van der Waals surface area contributed by atoms with Crippen LogP contribution in [0.1, 0.15) is 47.2 Å². The molecule has 0 aliphatic carbocycles. The van der Waals surface area contributed by atoms with E-state index in [1.54, 1.807) is 25.4 Å². The summed E-state index contributed by atoms with van der Waals surface area (Å²) in [6.07, 6.45) is 1.88. The summed E-state index contributed by atoms with van der Waals surface area (Å²) in [5.41, 5.74) is 2.27. The van der Waals surface area contributed by atoms with E-state index >= 15 is 0 Å². The molecule has 2 heterocycles. The standard InChI is InChI=1S/C24H25F3N6O/c1-5-33(6-2)21-11-19(28-12-15(21)3)23(34)31-16(4)20-13-30-22(14-29-20)32-18-9-7-17(8-10-18)24(25,26)27/h5,7-14,16H,1,6H2,2-4H3,(H,30,32)(H,31,34)/t16-/m1/s1. The first-order valence-electron chi connectivity index (χ1n) is 10.5. The largest absolute Gasteiger partial charge is 0.416 e. The quantitative estimate of drug-likeness (QED) is 0.459. The molecule has 0 bridgehead atoms. The SMILES string of the molecule is C=CN(CC)c1cc(C(=O)N[C@H](C)c2cnc(Nc3ccc(C(F)(F)F)cc3)cn2)ncc1C. The number of aromatic nitrogens is 3. The van der Waals surface area contributed by atoms with Gasteiger partial charge in [-0.1, -0.05) is 6.58 Å². The summed E-state index contributed by atoms with van der Waals surface area (Å²) in [5.74, 6) is -0.00131. The number of hydrogen-bond acceptors (Lipinski definition) is 6. The monoisotopic (exact) mass is 470 g/mol. The Hall–Kier alpha value is -3.95. The molecular weight excluding hydrogens is 445 g/mol. The van der Waals surface area contributed by atoms with Crippen molar-refractivity contribution in [3.63, 3.8) is 0 Å². The van der Waals surface area contributed by atoms with Crippen molar-refractivity contribution < 1.29 is 18.0 Å². The molecule has 0 radical (unpaired) electrons. The van der Waals surface area contributed by atoms with Gasteiger partial charge in [0, 0.05) is 24.1 Å². The summed E-state index contributed by atoms with van der Waals surface area (Å²) in [4.78, 5) is 27.4. The molecule has 2 N–H and O–H groups in total. The van der Waals surface area contributed by atoms with E-state index in [1.807, 2.05) is 18.7 Å². The molecular formula is C24H25F3N6O. The number of anilines is 3. The second kappa shape index (κ2) is 10.3. The van der Waals surface area contributed by atoms with Gasteiger partial charge in [-0.05, 0) is 62.9 Å². The second-order valence-corrected chi connectivity index (χ2v) is 7.55. The van der Waals surface area contributed by atoms with Crippen LogP contribution >= 0.6 is 0 Å². The number of halogens is 3. The number of aryl methyl sites for hydroxylation is 1. The highest BCUT2D eigenvalue weighted by atomic mass is 19.4. The molecule has 0 aliphatic heterocycles. The van der Waals surface area contributed by atoms with Crippen molar-refractivity contribution in [2.24, 2.45) is 0 Å². The van der Waals surface area contributed by atoms with Gasteiger partial charge in [-0.25, -0.2) is 4.98 Å². The molecule has 10 heteroatoms. The van der Waals surface area contributed by atoms with Gasteiger partial charge in [0.05, 0.1) is 29.7 Å². The van der Waals surface area contributed by atoms with Crippen LogP contribution in [-0.2, 0) is 6.18 Å². The molecule has 3 aromatic rings. The molecule has 1 aromatic carbocycles. The fourth-order valence-corrected chi connectivity index (χ4v) is 3.21. The van der Waals surface area contributed by atoms with Gasteiger partial charge in [0.1, 0.15) is 11.5 Å². The van der Waals surface area contributed by atoms with Crippen molar-refractivity contribution in [2.45, 2.75) is 33.0 Å². The Balaban J connectivity index is 1.66. The first kappa shape index (κ1) is 24.7. The normalized spacial score (nSPS) is 12.1. The number of carbonyl (C=O) groups is 1. The average molecular weight is 470 g/mol. The number of carbonyl (C=O) groups excluding carboxylic acids is 1. The Morgan fingerprint density at radius 2 is 1.85 bits per heavy atom. The molecule has 178 valence electrons. The van der Waals surface area contributed by atoms with E-state index in [-0.39, 0.29) is 11.6 Å². The Kier molecular flexibility index (Phi) is 7.50. The van der Waals surface area contributed by atoms with Gasteiger partial charge in [-0.15, -0.1) is 0 Å². The van der Waals surface area contributed by atoms with E-state index < -0.39 is 17.8 Å². The Bertz CT molecular complexity index is 1150. The maximum absolute atomic E-state index is 12.7. The first-order chi connectivity index (χ1) is 16.1. The van der Waals surface area contributed by atoms with Gasteiger partial charge < -0.3 is 15.5 Å². The average Bonchev–Trinajstić information content (AvgIpc) is 2.81. The van der Waals surface area contributed by atoms with E-state index in [4.69, 9.17) is 0 Å². The Labute approximate surface area is 195 Å². The summed E-state index contributed by atoms with van der Waals surface area (Å²) in [6, 6.07) is 5.87. The van der Waals surface area contributed by atoms with E-state index in [2.05, 4.69) is 32.2 Å². The minimum absolute atomic E-state index is 0.265. The molecule has 0 fully saturated rings. The predicted octanol–water partition coefficient (Wildman–Crippen LogP) is 5.40.